The number of hydrogen-bond donors (Lipinski definition) is 0. The van der Waals surface area contributed by atoms with Gasteiger partial charge in [0.15, 0.2) is 0 Å². The van der Waals surface area contributed by atoms with Gasteiger partial charge in [-0.3, -0.25) is 8.97 Å². The number of nitrogens with zero attached hydrogens (tertiary/aromatic N) is 4. The van der Waals surface area contributed by atoms with Crippen LogP contribution in [0.3, 0.4) is 0 Å². The molecule has 0 fully saturated rings. The van der Waals surface area contributed by atoms with Gasteiger partial charge in [-0.1, -0.05) is 121 Å². The van der Waals surface area contributed by atoms with E-state index < -0.39 is 0 Å². The van der Waals surface area contributed by atoms with Gasteiger partial charge in [0.05, 0.1) is 27.6 Å². The van der Waals surface area contributed by atoms with Crippen molar-refractivity contribution in [3.05, 3.63) is 158 Å². The quantitative estimate of drug-likeness (QED) is 0.185. The van der Waals surface area contributed by atoms with Crippen molar-refractivity contribution in [3.63, 3.8) is 0 Å². The minimum Gasteiger partial charge on any atom is -0.296 e. The van der Waals surface area contributed by atoms with Gasteiger partial charge in [-0.2, -0.15) is 0 Å². The number of imidazole rings is 2. The first kappa shape index (κ1) is 26.9. The van der Waals surface area contributed by atoms with Crippen LogP contribution in [0.5, 0.6) is 0 Å². The van der Waals surface area contributed by atoms with Gasteiger partial charge in [-0.05, 0) is 76.9 Å². The lowest BCUT2D eigenvalue weighted by atomic mass is 9.97. The van der Waals surface area contributed by atoms with Gasteiger partial charge in [0.1, 0.15) is 11.5 Å². The van der Waals surface area contributed by atoms with E-state index in [1.165, 1.54) is 49.6 Å². The lowest BCUT2D eigenvalue weighted by Gasteiger charge is -2.15. The Morgan fingerprint density at radius 3 is 1.81 bits per heavy atom. The second-order valence-corrected chi connectivity index (χ2v) is 12.6. The summed E-state index contributed by atoms with van der Waals surface area (Å²) in [6.07, 6.45) is 8.66. The molecule has 4 nitrogen and oxygen atoms in total. The molecule has 0 saturated carbocycles. The second kappa shape index (κ2) is 10.6. The molecule has 0 aliphatic heterocycles. The SMILES string of the molecule is C1=CCCC(n2c(-c3ccc(-c4ccc(-c5ccc6c7ccccc7c7nc8ccccc8n7c6c5)cc4)cc3)nc3ccccc32)=C1. The highest BCUT2D eigenvalue weighted by molar-refractivity contribution is 6.14. The molecule has 0 bridgehead atoms. The number of rotatable bonds is 4. The molecule has 10 rings (SSSR count). The van der Waals surface area contributed by atoms with E-state index in [1.807, 2.05) is 0 Å². The molecule has 6 aromatic carbocycles. The topological polar surface area (TPSA) is 35.1 Å². The number of fused-ring (bicyclic) bond motifs is 9. The summed E-state index contributed by atoms with van der Waals surface area (Å²) in [7, 11) is 0. The van der Waals surface area contributed by atoms with Crippen LogP contribution in [-0.4, -0.2) is 18.9 Å². The fraction of sp³-hybridized carbons (Fsp3) is 0.0455. The van der Waals surface area contributed by atoms with Crippen molar-refractivity contribution in [3.8, 4) is 33.6 Å². The molecular weight excluding hydrogens is 585 g/mol. The van der Waals surface area contributed by atoms with Crippen molar-refractivity contribution >= 4 is 55.1 Å². The minimum absolute atomic E-state index is 0.989. The molecule has 9 aromatic rings. The van der Waals surface area contributed by atoms with Gasteiger partial charge in [0.2, 0.25) is 0 Å². The van der Waals surface area contributed by atoms with E-state index in [1.54, 1.807) is 0 Å². The van der Waals surface area contributed by atoms with Gasteiger partial charge in [-0.15, -0.1) is 0 Å². The summed E-state index contributed by atoms with van der Waals surface area (Å²) >= 11 is 0. The number of pyridine rings is 1. The van der Waals surface area contributed by atoms with E-state index in [9.17, 15) is 0 Å². The Kier molecular flexibility index (Phi) is 5.97. The van der Waals surface area contributed by atoms with Crippen LogP contribution in [0.1, 0.15) is 12.8 Å². The van der Waals surface area contributed by atoms with Crippen LogP contribution < -0.4 is 0 Å². The van der Waals surface area contributed by atoms with Gasteiger partial charge in [0.25, 0.3) is 0 Å². The largest absolute Gasteiger partial charge is 0.296 e. The first-order chi connectivity index (χ1) is 23.8. The minimum atomic E-state index is 0.989. The summed E-state index contributed by atoms with van der Waals surface area (Å²) in [6.45, 7) is 0. The fourth-order valence-electron chi connectivity index (χ4n) is 7.44. The number of aromatic nitrogens is 4. The lowest BCUT2D eigenvalue weighted by Crippen LogP contribution is -2.01. The van der Waals surface area contributed by atoms with Gasteiger partial charge in [-0.25, -0.2) is 9.97 Å². The fourth-order valence-corrected chi connectivity index (χ4v) is 7.44. The van der Waals surface area contributed by atoms with Crippen LogP contribution in [0, 0.1) is 0 Å². The van der Waals surface area contributed by atoms with Crippen molar-refractivity contribution in [1.82, 2.24) is 18.9 Å². The van der Waals surface area contributed by atoms with Crippen molar-refractivity contribution in [1.29, 1.82) is 0 Å². The molecule has 0 amide bonds. The monoisotopic (exact) mass is 614 g/mol. The summed E-state index contributed by atoms with van der Waals surface area (Å²) in [4.78, 5) is 10.1. The molecule has 4 heteroatoms. The predicted octanol–water partition coefficient (Wildman–Crippen LogP) is 11.3. The van der Waals surface area contributed by atoms with Gasteiger partial charge >= 0.3 is 0 Å². The summed E-state index contributed by atoms with van der Waals surface area (Å²) < 4.78 is 4.65. The molecule has 0 unspecified atom stereocenters. The smallest absolute Gasteiger partial charge is 0.146 e. The van der Waals surface area contributed by atoms with Gasteiger partial charge in [0, 0.05) is 22.0 Å². The number of allylic oxidation sites excluding steroid dienone is 4. The van der Waals surface area contributed by atoms with Crippen molar-refractivity contribution < 1.29 is 0 Å². The molecule has 48 heavy (non-hydrogen) atoms. The highest BCUT2D eigenvalue weighted by Gasteiger charge is 2.17. The van der Waals surface area contributed by atoms with E-state index in [-0.39, 0.29) is 0 Å². The summed E-state index contributed by atoms with van der Waals surface area (Å²) in [5.41, 5.74) is 13.6. The predicted molar refractivity (Wildman–Crippen MR) is 200 cm³/mol. The van der Waals surface area contributed by atoms with Crippen LogP contribution in [0.4, 0.5) is 0 Å². The molecule has 226 valence electrons. The van der Waals surface area contributed by atoms with Crippen LogP contribution in [0.2, 0.25) is 0 Å². The number of para-hydroxylation sites is 4. The van der Waals surface area contributed by atoms with Crippen molar-refractivity contribution in [2.45, 2.75) is 12.8 Å². The van der Waals surface area contributed by atoms with Crippen LogP contribution in [0.15, 0.2) is 158 Å². The van der Waals surface area contributed by atoms with E-state index in [0.717, 1.165) is 51.9 Å². The number of hydrogen-bond acceptors (Lipinski definition) is 2. The molecular formula is C44H30N4. The van der Waals surface area contributed by atoms with Crippen LogP contribution in [0.25, 0.3) is 88.7 Å². The molecule has 0 radical (unpaired) electrons. The maximum absolute atomic E-state index is 5.07. The summed E-state index contributed by atoms with van der Waals surface area (Å²) in [6, 6.07) is 50.0. The normalized spacial score (nSPS) is 13.3. The first-order valence-electron chi connectivity index (χ1n) is 16.6. The molecule has 0 N–H and O–H groups in total. The van der Waals surface area contributed by atoms with E-state index in [2.05, 4.69) is 167 Å². The third-order valence-electron chi connectivity index (χ3n) is 9.79. The Balaban J connectivity index is 1.02. The Morgan fingerprint density at radius 1 is 0.479 bits per heavy atom. The highest BCUT2D eigenvalue weighted by atomic mass is 15.1. The maximum atomic E-state index is 5.07. The van der Waals surface area contributed by atoms with Crippen molar-refractivity contribution in [2.75, 3.05) is 0 Å². The highest BCUT2D eigenvalue weighted by Crippen LogP contribution is 2.36. The molecule has 0 spiro atoms. The molecule has 0 saturated heterocycles. The standard InChI is InChI=1S/C44H30N4/c1-2-10-34(11-3-1)47-40-16-8-6-14-38(40)45-43(47)32-24-22-30(23-25-32)29-18-20-31(21-19-29)33-26-27-36-35-12-4-5-13-37(35)44-46-39-15-7-9-17-41(39)48(44)42(36)28-33/h1-2,4-10,12-28H,3,11H2. The summed E-state index contributed by atoms with van der Waals surface area (Å²) in [5.74, 6) is 0.989. The van der Waals surface area contributed by atoms with E-state index >= 15 is 0 Å². The third-order valence-corrected chi connectivity index (χ3v) is 9.79. The third kappa shape index (κ3) is 4.16. The first-order valence-corrected chi connectivity index (χ1v) is 16.6. The maximum Gasteiger partial charge on any atom is 0.146 e. The molecule has 3 heterocycles. The molecule has 0 atom stereocenters. The second-order valence-electron chi connectivity index (χ2n) is 12.6. The van der Waals surface area contributed by atoms with E-state index in [4.69, 9.17) is 9.97 Å². The van der Waals surface area contributed by atoms with E-state index in [0.29, 0.717) is 0 Å². The van der Waals surface area contributed by atoms with Crippen LogP contribution in [-0.2, 0) is 0 Å². The Bertz CT molecular complexity index is 2760. The van der Waals surface area contributed by atoms with Gasteiger partial charge < -0.3 is 0 Å². The summed E-state index contributed by atoms with van der Waals surface area (Å²) in [5, 5.41) is 3.62. The van der Waals surface area contributed by atoms with Crippen molar-refractivity contribution in [2.24, 2.45) is 0 Å². The zero-order valence-corrected chi connectivity index (χ0v) is 26.2. The average Bonchev–Trinajstić information content (AvgIpc) is 3.75. The average molecular weight is 615 g/mol. The lowest BCUT2D eigenvalue weighted by molar-refractivity contribution is 0.960. The Labute approximate surface area is 277 Å². The Hall–Kier alpha value is -6.26. The molecule has 3 aromatic heterocycles. The molecule has 1 aliphatic rings. The van der Waals surface area contributed by atoms with Crippen LogP contribution >= 0.6 is 0 Å². The Morgan fingerprint density at radius 2 is 1.08 bits per heavy atom. The molecule has 1 aliphatic carbocycles. The zero-order valence-electron chi connectivity index (χ0n) is 26.2. The number of benzene rings is 6. The zero-order chi connectivity index (χ0) is 31.6.